The van der Waals surface area contributed by atoms with Crippen LogP contribution in [0.3, 0.4) is 0 Å². The van der Waals surface area contributed by atoms with Crippen molar-refractivity contribution < 1.29 is 0 Å². The molecule has 0 heteroatoms. The molecular weight excluding hydrogens is 601 g/mol. The van der Waals surface area contributed by atoms with E-state index in [1.165, 1.54) is 98.4 Å². The van der Waals surface area contributed by atoms with Gasteiger partial charge in [-0.05, 0) is 135 Å². The van der Waals surface area contributed by atoms with Crippen LogP contribution in [-0.2, 0) is 0 Å². The normalized spacial score (nSPS) is 11.6. The van der Waals surface area contributed by atoms with E-state index in [0.29, 0.717) is 0 Å². The molecule has 0 N–H and O–H groups in total. The van der Waals surface area contributed by atoms with Gasteiger partial charge < -0.3 is 0 Å². The van der Waals surface area contributed by atoms with Gasteiger partial charge in [-0.2, -0.15) is 0 Å². The van der Waals surface area contributed by atoms with Crippen LogP contribution in [-0.4, -0.2) is 0 Å². The first-order chi connectivity index (χ1) is 24.7. The first kappa shape index (κ1) is 28.5. The molecule has 232 valence electrons. The molecule has 0 bridgehead atoms. The molecule has 0 aliphatic heterocycles. The summed E-state index contributed by atoms with van der Waals surface area (Å²) in [7, 11) is 0. The van der Waals surface area contributed by atoms with Crippen molar-refractivity contribution in [3.8, 4) is 44.5 Å². The first-order valence-corrected chi connectivity index (χ1v) is 17.3. The van der Waals surface area contributed by atoms with Crippen molar-refractivity contribution in [2.75, 3.05) is 0 Å². The lowest BCUT2D eigenvalue weighted by Crippen LogP contribution is -1.88. The Labute approximate surface area is 291 Å². The molecule has 50 heavy (non-hydrogen) atoms. The number of rotatable bonds is 4. The Morgan fingerprint density at radius 3 is 0.980 bits per heavy atom. The topological polar surface area (TPSA) is 0 Å². The van der Waals surface area contributed by atoms with Crippen molar-refractivity contribution >= 4 is 53.9 Å². The van der Waals surface area contributed by atoms with Gasteiger partial charge in [-0.1, -0.05) is 158 Å². The van der Waals surface area contributed by atoms with Crippen LogP contribution >= 0.6 is 0 Å². The van der Waals surface area contributed by atoms with Crippen LogP contribution in [0.5, 0.6) is 0 Å². The minimum Gasteiger partial charge on any atom is -0.0622 e. The molecule has 10 rings (SSSR count). The lowest BCUT2D eigenvalue weighted by atomic mass is 9.89. The fourth-order valence-electron chi connectivity index (χ4n) is 7.82. The third kappa shape index (κ3) is 4.85. The third-order valence-electron chi connectivity index (χ3n) is 10.4. The van der Waals surface area contributed by atoms with E-state index >= 15 is 0 Å². The van der Waals surface area contributed by atoms with Gasteiger partial charge >= 0.3 is 0 Å². The second-order valence-electron chi connectivity index (χ2n) is 13.4. The molecule has 0 heterocycles. The quantitative estimate of drug-likeness (QED) is 0.169. The summed E-state index contributed by atoms with van der Waals surface area (Å²) in [6.45, 7) is 0. The van der Waals surface area contributed by atoms with Gasteiger partial charge in [0.25, 0.3) is 0 Å². The van der Waals surface area contributed by atoms with Crippen molar-refractivity contribution in [3.05, 3.63) is 194 Å². The maximum Gasteiger partial charge on any atom is -0.00988 e. The van der Waals surface area contributed by atoms with Crippen LogP contribution in [0.15, 0.2) is 194 Å². The standard InChI is InChI=1S/C50H32/c1-3-9-33(10-4-1)37-19-23-45-40(27-37)15-16-41-28-38(20-24-46(41)45)39-21-25-47-42(29-39)17-18-43-30-44(22-26-48(43)47)50-32-36-14-8-7-13-35(36)31-49(50)34-11-5-2-6-12-34/h1-32H. The van der Waals surface area contributed by atoms with Gasteiger partial charge in [0.1, 0.15) is 0 Å². The minimum absolute atomic E-state index is 1.23. The van der Waals surface area contributed by atoms with Crippen LogP contribution in [0.1, 0.15) is 0 Å². The molecule has 0 unspecified atom stereocenters. The summed E-state index contributed by atoms with van der Waals surface area (Å²) in [6, 6.07) is 71.4. The molecule has 0 fully saturated rings. The summed E-state index contributed by atoms with van der Waals surface area (Å²) in [4.78, 5) is 0. The van der Waals surface area contributed by atoms with Gasteiger partial charge in [0, 0.05) is 0 Å². The molecule has 0 amide bonds. The first-order valence-electron chi connectivity index (χ1n) is 17.3. The Kier molecular flexibility index (Phi) is 6.60. The molecule has 0 saturated carbocycles. The molecule has 10 aromatic rings. The summed E-state index contributed by atoms with van der Waals surface area (Å²) >= 11 is 0. The molecule has 0 aliphatic carbocycles. The Bertz CT molecular complexity index is 2900. The highest BCUT2D eigenvalue weighted by atomic mass is 14.2. The smallest absolute Gasteiger partial charge is 0.00988 e. The molecule has 0 aliphatic rings. The summed E-state index contributed by atoms with van der Waals surface area (Å²) in [5.74, 6) is 0. The van der Waals surface area contributed by atoms with Crippen LogP contribution in [0.2, 0.25) is 0 Å². The van der Waals surface area contributed by atoms with E-state index in [9.17, 15) is 0 Å². The van der Waals surface area contributed by atoms with Crippen LogP contribution in [0.4, 0.5) is 0 Å². The molecule has 0 radical (unpaired) electrons. The van der Waals surface area contributed by atoms with Crippen molar-refractivity contribution in [1.82, 2.24) is 0 Å². The molecular formula is C50H32. The average molecular weight is 633 g/mol. The van der Waals surface area contributed by atoms with E-state index in [4.69, 9.17) is 0 Å². The zero-order valence-corrected chi connectivity index (χ0v) is 27.5. The molecule has 10 aromatic carbocycles. The van der Waals surface area contributed by atoms with E-state index in [2.05, 4.69) is 194 Å². The van der Waals surface area contributed by atoms with Gasteiger partial charge in [0.05, 0.1) is 0 Å². The van der Waals surface area contributed by atoms with Gasteiger partial charge in [0.2, 0.25) is 0 Å². The summed E-state index contributed by atoms with van der Waals surface area (Å²) in [6.07, 6.45) is 0. The zero-order valence-electron chi connectivity index (χ0n) is 27.5. The highest BCUT2D eigenvalue weighted by Gasteiger charge is 2.12. The average Bonchev–Trinajstić information content (AvgIpc) is 3.20. The summed E-state index contributed by atoms with van der Waals surface area (Å²) in [5.41, 5.74) is 9.95. The van der Waals surface area contributed by atoms with Gasteiger partial charge in [0.15, 0.2) is 0 Å². The summed E-state index contributed by atoms with van der Waals surface area (Å²) in [5, 5.41) is 12.7. The Morgan fingerprint density at radius 1 is 0.180 bits per heavy atom. The monoisotopic (exact) mass is 632 g/mol. The van der Waals surface area contributed by atoms with Crippen molar-refractivity contribution in [2.45, 2.75) is 0 Å². The van der Waals surface area contributed by atoms with E-state index < -0.39 is 0 Å². The molecule has 0 saturated heterocycles. The van der Waals surface area contributed by atoms with Crippen LogP contribution in [0.25, 0.3) is 98.4 Å². The lowest BCUT2D eigenvalue weighted by Gasteiger charge is -2.14. The molecule has 0 nitrogen and oxygen atoms in total. The SMILES string of the molecule is c1ccc(-c2ccc3c(ccc4cc(-c5ccc6c(ccc7cc(-c8cc9ccccc9cc8-c8ccccc8)ccc76)c5)ccc43)c2)cc1. The zero-order chi connectivity index (χ0) is 33.0. The number of fused-ring (bicyclic) bond motifs is 7. The highest BCUT2D eigenvalue weighted by Crippen LogP contribution is 2.39. The van der Waals surface area contributed by atoms with Gasteiger partial charge in [-0.25, -0.2) is 0 Å². The van der Waals surface area contributed by atoms with Crippen LogP contribution < -0.4 is 0 Å². The fraction of sp³-hybridized carbons (Fsp3) is 0. The predicted molar refractivity (Wildman–Crippen MR) is 216 cm³/mol. The van der Waals surface area contributed by atoms with Crippen molar-refractivity contribution in [2.24, 2.45) is 0 Å². The predicted octanol–water partition coefficient (Wildman–Crippen LogP) is 14.1. The molecule has 0 spiro atoms. The van der Waals surface area contributed by atoms with E-state index in [-0.39, 0.29) is 0 Å². The second-order valence-corrected chi connectivity index (χ2v) is 13.4. The van der Waals surface area contributed by atoms with Gasteiger partial charge in [-0.15, -0.1) is 0 Å². The maximum absolute atomic E-state index is 2.36. The summed E-state index contributed by atoms with van der Waals surface area (Å²) < 4.78 is 0. The Balaban J connectivity index is 1.02. The van der Waals surface area contributed by atoms with E-state index in [1.807, 2.05) is 0 Å². The Morgan fingerprint density at radius 2 is 0.520 bits per heavy atom. The van der Waals surface area contributed by atoms with Crippen LogP contribution in [0, 0.1) is 0 Å². The number of benzene rings is 10. The molecule has 0 atom stereocenters. The highest BCUT2D eigenvalue weighted by molar-refractivity contribution is 6.12. The van der Waals surface area contributed by atoms with Crippen molar-refractivity contribution in [3.63, 3.8) is 0 Å². The second kappa shape index (κ2) is 11.6. The van der Waals surface area contributed by atoms with Crippen molar-refractivity contribution in [1.29, 1.82) is 0 Å². The Hall–Kier alpha value is -6.50. The lowest BCUT2D eigenvalue weighted by molar-refractivity contribution is 1.62. The van der Waals surface area contributed by atoms with E-state index in [1.54, 1.807) is 0 Å². The third-order valence-corrected chi connectivity index (χ3v) is 10.4. The molecule has 0 aromatic heterocycles. The fourth-order valence-corrected chi connectivity index (χ4v) is 7.82. The maximum atomic E-state index is 2.36. The largest absolute Gasteiger partial charge is 0.0622 e. The number of hydrogen-bond donors (Lipinski definition) is 0. The minimum atomic E-state index is 1.23. The number of hydrogen-bond acceptors (Lipinski definition) is 0. The van der Waals surface area contributed by atoms with Gasteiger partial charge in [-0.3, -0.25) is 0 Å². The van der Waals surface area contributed by atoms with E-state index in [0.717, 1.165) is 0 Å².